The van der Waals surface area contributed by atoms with Gasteiger partial charge in [0.05, 0.1) is 18.3 Å². The summed E-state index contributed by atoms with van der Waals surface area (Å²) in [5, 5.41) is 7.10. The van der Waals surface area contributed by atoms with Crippen molar-refractivity contribution in [3.05, 3.63) is 41.7 Å². The van der Waals surface area contributed by atoms with Gasteiger partial charge in [0.2, 0.25) is 0 Å². The Bertz CT molecular complexity index is 579. The first-order valence-corrected chi connectivity index (χ1v) is 6.71. The van der Waals surface area contributed by atoms with Crippen molar-refractivity contribution in [1.29, 1.82) is 0 Å². The maximum Gasteiger partial charge on any atom is 0.255 e. The Kier molecular flexibility index (Phi) is 4.45. The molecule has 0 aliphatic carbocycles. The molecule has 0 aliphatic heterocycles. The Balaban J connectivity index is 2.05. The van der Waals surface area contributed by atoms with E-state index in [2.05, 4.69) is 34.2 Å². The molecule has 0 radical (unpaired) electrons. The maximum atomic E-state index is 12.1. The van der Waals surface area contributed by atoms with E-state index in [0.717, 1.165) is 12.1 Å². The van der Waals surface area contributed by atoms with Gasteiger partial charge in [-0.3, -0.25) is 9.48 Å². The molecule has 1 atom stereocenters. The molecule has 2 aromatic heterocycles. The SMILES string of the molecule is CCC(C)n1ncc(C(=O)NCc2ncccn2)c1C. The first-order valence-electron chi connectivity index (χ1n) is 6.71. The highest BCUT2D eigenvalue weighted by Gasteiger charge is 2.16. The molecule has 0 aromatic carbocycles. The van der Waals surface area contributed by atoms with Gasteiger partial charge in [-0.25, -0.2) is 9.97 Å². The average molecular weight is 273 g/mol. The second-order valence-electron chi connectivity index (χ2n) is 4.69. The summed E-state index contributed by atoms with van der Waals surface area (Å²) >= 11 is 0. The highest BCUT2D eigenvalue weighted by Crippen LogP contribution is 2.15. The van der Waals surface area contributed by atoms with E-state index in [1.807, 2.05) is 11.6 Å². The van der Waals surface area contributed by atoms with Crippen LogP contribution >= 0.6 is 0 Å². The Hall–Kier alpha value is -2.24. The van der Waals surface area contributed by atoms with Gasteiger partial charge >= 0.3 is 0 Å². The molecule has 2 aromatic rings. The summed E-state index contributed by atoms with van der Waals surface area (Å²) in [5.41, 5.74) is 1.48. The molecular formula is C14H19N5O. The third-order valence-corrected chi connectivity index (χ3v) is 3.32. The van der Waals surface area contributed by atoms with Crippen molar-refractivity contribution in [2.75, 3.05) is 0 Å². The third kappa shape index (κ3) is 3.01. The third-order valence-electron chi connectivity index (χ3n) is 3.32. The number of rotatable bonds is 5. The van der Waals surface area contributed by atoms with Crippen LogP contribution < -0.4 is 5.32 Å². The molecule has 2 rings (SSSR count). The van der Waals surface area contributed by atoms with E-state index in [9.17, 15) is 4.79 Å². The van der Waals surface area contributed by atoms with Gasteiger partial charge in [-0.1, -0.05) is 6.92 Å². The van der Waals surface area contributed by atoms with Crippen LogP contribution in [-0.2, 0) is 6.54 Å². The fourth-order valence-electron chi connectivity index (χ4n) is 1.94. The standard InChI is InChI=1S/C14H19N5O/c1-4-10(2)19-11(3)12(8-18-19)14(20)17-9-13-15-6-5-7-16-13/h5-8,10H,4,9H2,1-3H3,(H,17,20). The van der Waals surface area contributed by atoms with Crippen LogP contribution in [0, 0.1) is 6.92 Å². The van der Waals surface area contributed by atoms with E-state index in [1.54, 1.807) is 24.7 Å². The minimum atomic E-state index is -0.149. The van der Waals surface area contributed by atoms with Gasteiger partial charge in [0.25, 0.3) is 5.91 Å². The zero-order valence-corrected chi connectivity index (χ0v) is 12.0. The van der Waals surface area contributed by atoms with Crippen molar-refractivity contribution < 1.29 is 4.79 Å². The molecular weight excluding hydrogens is 254 g/mol. The largest absolute Gasteiger partial charge is 0.345 e. The fraction of sp³-hybridized carbons (Fsp3) is 0.429. The van der Waals surface area contributed by atoms with Crippen molar-refractivity contribution in [2.24, 2.45) is 0 Å². The summed E-state index contributed by atoms with van der Waals surface area (Å²) in [6, 6.07) is 2.03. The van der Waals surface area contributed by atoms with Gasteiger partial charge in [-0.2, -0.15) is 5.10 Å². The first kappa shape index (κ1) is 14.2. The van der Waals surface area contributed by atoms with Crippen LogP contribution in [0.4, 0.5) is 0 Å². The van der Waals surface area contributed by atoms with Crippen molar-refractivity contribution in [3.8, 4) is 0 Å². The molecule has 6 nitrogen and oxygen atoms in total. The molecule has 1 N–H and O–H groups in total. The number of nitrogens with zero attached hydrogens (tertiary/aromatic N) is 4. The molecule has 0 fully saturated rings. The van der Waals surface area contributed by atoms with Gasteiger partial charge in [0.1, 0.15) is 5.82 Å². The molecule has 0 spiro atoms. The molecule has 0 bridgehead atoms. The Morgan fingerprint density at radius 1 is 1.40 bits per heavy atom. The van der Waals surface area contributed by atoms with E-state index in [0.29, 0.717) is 17.9 Å². The predicted molar refractivity (Wildman–Crippen MR) is 75.2 cm³/mol. The van der Waals surface area contributed by atoms with Crippen LogP contribution in [0.1, 0.15) is 48.2 Å². The van der Waals surface area contributed by atoms with E-state index in [1.165, 1.54) is 0 Å². The van der Waals surface area contributed by atoms with Gasteiger partial charge in [0.15, 0.2) is 0 Å². The highest BCUT2D eigenvalue weighted by atomic mass is 16.1. The molecule has 0 saturated carbocycles. The Morgan fingerprint density at radius 2 is 2.10 bits per heavy atom. The molecule has 1 unspecified atom stereocenters. The minimum absolute atomic E-state index is 0.149. The predicted octanol–water partition coefficient (Wildman–Crippen LogP) is 1.88. The maximum absolute atomic E-state index is 12.1. The fourth-order valence-corrected chi connectivity index (χ4v) is 1.94. The van der Waals surface area contributed by atoms with E-state index < -0.39 is 0 Å². The van der Waals surface area contributed by atoms with Gasteiger partial charge in [0, 0.05) is 24.1 Å². The number of hydrogen-bond donors (Lipinski definition) is 1. The lowest BCUT2D eigenvalue weighted by molar-refractivity contribution is 0.0949. The minimum Gasteiger partial charge on any atom is -0.345 e. The van der Waals surface area contributed by atoms with Crippen molar-refractivity contribution >= 4 is 5.91 Å². The second-order valence-corrected chi connectivity index (χ2v) is 4.69. The molecule has 0 saturated heterocycles. The zero-order chi connectivity index (χ0) is 14.5. The molecule has 1 amide bonds. The van der Waals surface area contributed by atoms with E-state index in [-0.39, 0.29) is 11.9 Å². The van der Waals surface area contributed by atoms with Gasteiger partial charge in [-0.05, 0) is 26.3 Å². The number of nitrogens with one attached hydrogen (secondary N) is 1. The normalized spacial score (nSPS) is 12.2. The lowest BCUT2D eigenvalue weighted by atomic mass is 10.2. The smallest absolute Gasteiger partial charge is 0.255 e. The number of aromatic nitrogens is 4. The van der Waals surface area contributed by atoms with Crippen LogP contribution in [0.5, 0.6) is 0 Å². The average Bonchev–Trinajstić information content (AvgIpc) is 2.87. The van der Waals surface area contributed by atoms with E-state index in [4.69, 9.17) is 0 Å². The number of carbonyl (C=O) groups excluding carboxylic acids is 1. The summed E-state index contributed by atoms with van der Waals surface area (Å²) < 4.78 is 1.88. The summed E-state index contributed by atoms with van der Waals surface area (Å²) in [6.45, 7) is 6.40. The summed E-state index contributed by atoms with van der Waals surface area (Å²) in [7, 11) is 0. The van der Waals surface area contributed by atoms with Crippen LogP contribution in [0.3, 0.4) is 0 Å². The van der Waals surface area contributed by atoms with E-state index >= 15 is 0 Å². The van der Waals surface area contributed by atoms with Crippen molar-refractivity contribution in [1.82, 2.24) is 25.1 Å². The summed E-state index contributed by atoms with van der Waals surface area (Å²) in [5.74, 6) is 0.442. The Labute approximate surface area is 118 Å². The first-order chi connectivity index (χ1) is 9.63. The van der Waals surface area contributed by atoms with Crippen LogP contribution in [0.2, 0.25) is 0 Å². The van der Waals surface area contributed by atoms with Crippen molar-refractivity contribution in [2.45, 2.75) is 39.8 Å². The molecule has 20 heavy (non-hydrogen) atoms. The van der Waals surface area contributed by atoms with Crippen LogP contribution in [0.15, 0.2) is 24.7 Å². The quantitative estimate of drug-likeness (QED) is 0.902. The number of hydrogen-bond acceptors (Lipinski definition) is 4. The van der Waals surface area contributed by atoms with Gasteiger partial charge < -0.3 is 5.32 Å². The Morgan fingerprint density at radius 3 is 2.75 bits per heavy atom. The van der Waals surface area contributed by atoms with Crippen LogP contribution in [-0.4, -0.2) is 25.7 Å². The van der Waals surface area contributed by atoms with Crippen LogP contribution in [0.25, 0.3) is 0 Å². The number of carbonyl (C=O) groups is 1. The second kappa shape index (κ2) is 6.27. The number of amides is 1. The molecule has 106 valence electrons. The summed E-state index contributed by atoms with van der Waals surface area (Å²) in [4.78, 5) is 20.3. The molecule has 6 heteroatoms. The molecule has 2 heterocycles. The highest BCUT2D eigenvalue weighted by molar-refractivity contribution is 5.94. The monoisotopic (exact) mass is 273 g/mol. The topological polar surface area (TPSA) is 72.7 Å². The lowest BCUT2D eigenvalue weighted by Crippen LogP contribution is -2.24. The molecule has 0 aliphatic rings. The summed E-state index contributed by atoms with van der Waals surface area (Å²) in [6.07, 6.45) is 5.89. The lowest BCUT2D eigenvalue weighted by Gasteiger charge is -2.12. The zero-order valence-electron chi connectivity index (χ0n) is 12.0. The van der Waals surface area contributed by atoms with Crippen molar-refractivity contribution in [3.63, 3.8) is 0 Å². The van der Waals surface area contributed by atoms with Gasteiger partial charge in [-0.15, -0.1) is 0 Å².